The third-order valence-corrected chi connectivity index (χ3v) is 6.24. The Morgan fingerprint density at radius 2 is 2.04 bits per heavy atom. The SMILES string of the molecule is O=S(=O)(Cc1ccc(F)c(Cl)c1)N1CCC(Nc2cccnn2)CC1. The Hall–Kier alpha value is -1.77. The standard InChI is InChI=1S/C16H18ClFN4O2S/c17-14-10-12(3-4-15(14)18)11-25(23,24)22-8-5-13(6-9-22)20-16-2-1-7-19-21-16/h1-4,7,10,13H,5-6,8-9,11H2,(H,20,21). The number of halogens is 2. The Bertz CT molecular complexity index is 827. The van der Waals surface area contributed by atoms with Gasteiger partial charge in [-0.3, -0.25) is 0 Å². The van der Waals surface area contributed by atoms with Crippen molar-refractivity contribution in [2.24, 2.45) is 0 Å². The number of hydrogen-bond donors (Lipinski definition) is 1. The van der Waals surface area contributed by atoms with Crippen LogP contribution in [0.25, 0.3) is 0 Å². The van der Waals surface area contributed by atoms with Crippen LogP contribution in [-0.4, -0.2) is 42.1 Å². The molecule has 9 heteroatoms. The maximum absolute atomic E-state index is 13.2. The molecule has 1 N–H and O–H groups in total. The zero-order valence-corrected chi connectivity index (χ0v) is 15.0. The molecule has 0 bridgehead atoms. The Kier molecular flexibility index (Phi) is 5.51. The van der Waals surface area contributed by atoms with Gasteiger partial charge in [0.1, 0.15) is 11.6 Å². The van der Waals surface area contributed by atoms with Crippen molar-refractivity contribution in [3.8, 4) is 0 Å². The highest BCUT2D eigenvalue weighted by atomic mass is 35.5. The second-order valence-electron chi connectivity index (χ2n) is 5.93. The summed E-state index contributed by atoms with van der Waals surface area (Å²) in [6, 6.07) is 7.77. The number of nitrogens with zero attached hydrogens (tertiary/aromatic N) is 3. The molecule has 0 radical (unpaired) electrons. The summed E-state index contributed by atoms with van der Waals surface area (Å²) >= 11 is 5.72. The summed E-state index contributed by atoms with van der Waals surface area (Å²) in [6.07, 6.45) is 2.96. The third-order valence-electron chi connectivity index (χ3n) is 4.10. The van der Waals surface area contributed by atoms with Crippen LogP contribution in [0.5, 0.6) is 0 Å². The summed E-state index contributed by atoms with van der Waals surface area (Å²) in [5.41, 5.74) is 0.478. The molecule has 0 saturated carbocycles. The topological polar surface area (TPSA) is 75.2 Å². The lowest BCUT2D eigenvalue weighted by Crippen LogP contribution is -2.42. The first-order valence-corrected chi connectivity index (χ1v) is 9.89. The fraction of sp³-hybridized carbons (Fsp3) is 0.375. The molecule has 1 fully saturated rings. The average molecular weight is 385 g/mol. The average Bonchev–Trinajstić information content (AvgIpc) is 2.59. The van der Waals surface area contributed by atoms with E-state index in [-0.39, 0.29) is 16.8 Å². The predicted octanol–water partition coefficient (Wildman–Crippen LogP) is 2.68. The Balaban J connectivity index is 1.58. The fourth-order valence-electron chi connectivity index (χ4n) is 2.80. The maximum atomic E-state index is 13.2. The van der Waals surface area contributed by atoms with Crippen LogP contribution < -0.4 is 5.32 Å². The molecule has 0 atom stereocenters. The Morgan fingerprint density at radius 1 is 1.28 bits per heavy atom. The molecule has 134 valence electrons. The van der Waals surface area contributed by atoms with Crippen LogP contribution in [-0.2, 0) is 15.8 Å². The highest BCUT2D eigenvalue weighted by Crippen LogP contribution is 2.22. The first kappa shape index (κ1) is 18.0. The van der Waals surface area contributed by atoms with Crippen LogP contribution in [0.2, 0.25) is 5.02 Å². The van der Waals surface area contributed by atoms with E-state index < -0.39 is 15.8 Å². The first-order chi connectivity index (χ1) is 11.9. The van der Waals surface area contributed by atoms with Crippen molar-refractivity contribution in [3.05, 3.63) is 52.9 Å². The van der Waals surface area contributed by atoms with Gasteiger partial charge >= 0.3 is 0 Å². The highest BCUT2D eigenvalue weighted by Gasteiger charge is 2.28. The van der Waals surface area contributed by atoms with Gasteiger partial charge in [0.2, 0.25) is 10.0 Å². The van der Waals surface area contributed by atoms with Crippen molar-refractivity contribution < 1.29 is 12.8 Å². The number of hydrogen-bond acceptors (Lipinski definition) is 5. The number of nitrogens with one attached hydrogen (secondary N) is 1. The molecule has 0 unspecified atom stereocenters. The molecular weight excluding hydrogens is 367 g/mol. The Labute approximate surface area is 151 Å². The minimum absolute atomic E-state index is 0.0698. The molecule has 1 aromatic carbocycles. The lowest BCUT2D eigenvalue weighted by Gasteiger charge is -2.31. The first-order valence-electron chi connectivity index (χ1n) is 7.90. The summed E-state index contributed by atoms with van der Waals surface area (Å²) in [6.45, 7) is 0.852. The van der Waals surface area contributed by atoms with Crippen LogP contribution >= 0.6 is 11.6 Å². The molecule has 2 heterocycles. The number of benzene rings is 1. The van der Waals surface area contributed by atoms with E-state index in [0.717, 1.165) is 0 Å². The van der Waals surface area contributed by atoms with Gasteiger partial charge in [0.05, 0.1) is 10.8 Å². The molecule has 0 amide bonds. The van der Waals surface area contributed by atoms with Crippen LogP contribution in [0.1, 0.15) is 18.4 Å². The van der Waals surface area contributed by atoms with Gasteiger partial charge in [0.25, 0.3) is 0 Å². The van der Waals surface area contributed by atoms with Crippen LogP contribution in [0, 0.1) is 5.82 Å². The fourth-order valence-corrected chi connectivity index (χ4v) is 4.55. The number of aromatic nitrogens is 2. The quantitative estimate of drug-likeness (QED) is 0.857. The Morgan fingerprint density at radius 3 is 2.68 bits per heavy atom. The third kappa shape index (κ3) is 4.65. The van der Waals surface area contributed by atoms with E-state index in [0.29, 0.717) is 37.3 Å². The monoisotopic (exact) mass is 384 g/mol. The summed E-state index contributed by atoms with van der Waals surface area (Å²) < 4.78 is 39.8. The lowest BCUT2D eigenvalue weighted by molar-refractivity contribution is 0.329. The van der Waals surface area contributed by atoms with Crippen molar-refractivity contribution in [2.45, 2.75) is 24.6 Å². The zero-order valence-electron chi connectivity index (χ0n) is 13.4. The predicted molar refractivity (Wildman–Crippen MR) is 94.3 cm³/mol. The van der Waals surface area contributed by atoms with Crippen molar-refractivity contribution in [2.75, 3.05) is 18.4 Å². The highest BCUT2D eigenvalue weighted by molar-refractivity contribution is 7.88. The molecule has 3 rings (SSSR count). The van der Waals surface area contributed by atoms with Gasteiger partial charge in [-0.2, -0.15) is 5.10 Å². The van der Waals surface area contributed by atoms with Gasteiger partial charge in [-0.1, -0.05) is 17.7 Å². The van der Waals surface area contributed by atoms with Gasteiger partial charge in [-0.05, 0) is 42.7 Å². The molecule has 1 aliphatic heterocycles. The molecule has 1 saturated heterocycles. The lowest BCUT2D eigenvalue weighted by atomic mass is 10.1. The number of anilines is 1. The van der Waals surface area contributed by atoms with E-state index >= 15 is 0 Å². The van der Waals surface area contributed by atoms with Crippen LogP contribution in [0.4, 0.5) is 10.2 Å². The number of sulfonamides is 1. The summed E-state index contributed by atoms with van der Waals surface area (Å²) in [4.78, 5) is 0. The van der Waals surface area contributed by atoms with Gasteiger partial charge < -0.3 is 5.32 Å². The van der Waals surface area contributed by atoms with Gasteiger partial charge in [-0.25, -0.2) is 17.1 Å². The largest absolute Gasteiger partial charge is 0.366 e. The number of rotatable bonds is 5. The van der Waals surface area contributed by atoms with E-state index in [1.54, 1.807) is 12.3 Å². The smallest absolute Gasteiger partial charge is 0.218 e. The minimum atomic E-state index is -3.47. The van der Waals surface area contributed by atoms with E-state index in [9.17, 15) is 12.8 Å². The maximum Gasteiger partial charge on any atom is 0.218 e. The molecule has 1 aromatic heterocycles. The van der Waals surface area contributed by atoms with Crippen molar-refractivity contribution in [1.82, 2.24) is 14.5 Å². The van der Waals surface area contributed by atoms with Crippen molar-refractivity contribution in [3.63, 3.8) is 0 Å². The minimum Gasteiger partial charge on any atom is -0.366 e. The molecule has 0 spiro atoms. The van der Waals surface area contributed by atoms with Gasteiger partial charge in [0, 0.05) is 25.3 Å². The zero-order chi connectivity index (χ0) is 17.9. The van der Waals surface area contributed by atoms with E-state index in [1.165, 1.54) is 22.5 Å². The van der Waals surface area contributed by atoms with Crippen molar-refractivity contribution in [1.29, 1.82) is 0 Å². The summed E-state index contributed by atoms with van der Waals surface area (Å²) in [5.74, 6) is -0.0570. The second-order valence-corrected chi connectivity index (χ2v) is 8.31. The normalized spacial score (nSPS) is 16.7. The summed E-state index contributed by atoms with van der Waals surface area (Å²) in [7, 11) is -3.47. The van der Waals surface area contributed by atoms with E-state index in [2.05, 4.69) is 15.5 Å². The summed E-state index contributed by atoms with van der Waals surface area (Å²) in [5, 5.41) is 11.0. The molecular formula is C16H18ClFN4O2S. The van der Waals surface area contributed by atoms with Crippen LogP contribution in [0.3, 0.4) is 0 Å². The van der Waals surface area contributed by atoms with Gasteiger partial charge in [0.15, 0.2) is 0 Å². The molecule has 0 aliphatic carbocycles. The molecule has 6 nitrogen and oxygen atoms in total. The van der Waals surface area contributed by atoms with Crippen molar-refractivity contribution >= 4 is 27.4 Å². The van der Waals surface area contributed by atoms with E-state index in [4.69, 9.17) is 11.6 Å². The molecule has 2 aromatic rings. The molecule has 1 aliphatic rings. The van der Waals surface area contributed by atoms with E-state index in [1.807, 2.05) is 6.07 Å². The number of piperidine rings is 1. The second kappa shape index (κ2) is 7.63. The van der Waals surface area contributed by atoms with Crippen LogP contribution in [0.15, 0.2) is 36.5 Å². The van der Waals surface area contributed by atoms with Gasteiger partial charge in [-0.15, -0.1) is 5.10 Å². The molecule has 25 heavy (non-hydrogen) atoms.